The standard InChI is InChI=1S/C43H65N11O12/c1-7-23(4)34(39(61)51-31(19-27-20-46-21-48-27)40(62)54-17-9-11-32(54)42(65)66-25(6)41(63)64)53-37(59)30(18-26-12-14-28(56)15-13-26)50-38(60)33(22(2)3)52-36(58)29(49-35(57)24(5)55)10-8-16-47-43(44)45/h12-15,20-25,29-34,55-56H,7-11,16-19H2,1-6H3,(H,46,48)(H,49,57)(H,50,60)(H,51,61)(H,52,58)(H,53,59)(H,63,64)(H4,44,45,47)/t23-,24-,25-,29-,30-,31-,32-,33-,34-/m0/s1. The third-order valence-corrected chi connectivity index (χ3v) is 11.0. The number of H-pyrrole nitrogens is 1. The van der Waals surface area contributed by atoms with Gasteiger partial charge in [-0.25, -0.2) is 14.6 Å². The summed E-state index contributed by atoms with van der Waals surface area (Å²) in [5.74, 6) is -8.22. The molecular formula is C43H65N11O12. The number of aromatic amines is 1. The second-order valence-electron chi connectivity index (χ2n) is 16.7. The van der Waals surface area contributed by atoms with Crippen molar-refractivity contribution in [3.8, 4) is 5.75 Å². The summed E-state index contributed by atoms with van der Waals surface area (Å²) in [6.07, 6.45) is 0.926. The first-order chi connectivity index (χ1) is 31.1. The average Bonchev–Trinajstić information content (AvgIpc) is 3.98. The Labute approximate surface area is 382 Å². The fraction of sp³-hybridized carbons (Fsp3) is 0.581. The number of hydrogen-bond acceptors (Lipinski definition) is 13. The van der Waals surface area contributed by atoms with Crippen LogP contribution in [0.3, 0.4) is 0 Å². The van der Waals surface area contributed by atoms with Crippen LogP contribution in [0, 0.1) is 11.8 Å². The van der Waals surface area contributed by atoms with Crippen molar-refractivity contribution in [2.24, 2.45) is 28.3 Å². The molecule has 0 spiro atoms. The summed E-state index contributed by atoms with van der Waals surface area (Å²) in [5, 5.41) is 42.4. The Morgan fingerprint density at radius 1 is 0.848 bits per heavy atom. The van der Waals surface area contributed by atoms with E-state index in [0.29, 0.717) is 24.1 Å². The Kier molecular flexibility index (Phi) is 20.8. The Morgan fingerprint density at radius 3 is 2.03 bits per heavy atom. The van der Waals surface area contributed by atoms with Crippen molar-refractivity contribution in [3.05, 3.63) is 48.0 Å². The van der Waals surface area contributed by atoms with Crippen molar-refractivity contribution in [1.82, 2.24) is 41.5 Å². The molecule has 0 bridgehead atoms. The number of carboxylic acids is 1. The number of carbonyl (C=O) groups is 8. The van der Waals surface area contributed by atoms with Crippen LogP contribution < -0.4 is 38.1 Å². The number of esters is 1. The molecule has 3 rings (SSSR count). The van der Waals surface area contributed by atoms with Crippen LogP contribution in [0.4, 0.5) is 0 Å². The van der Waals surface area contributed by atoms with Gasteiger partial charge in [-0.3, -0.25) is 33.8 Å². The van der Waals surface area contributed by atoms with Gasteiger partial charge in [0, 0.05) is 37.8 Å². The van der Waals surface area contributed by atoms with Gasteiger partial charge in [0.15, 0.2) is 12.1 Å². The minimum Gasteiger partial charge on any atom is -0.508 e. The Bertz CT molecular complexity index is 2010. The zero-order chi connectivity index (χ0) is 49.2. The van der Waals surface area contributed by atoms with E-state index in [1.807, 2.05) is 0 Å². The average molecular weight is 928 g/mol. The number of carboxylic acid groups (broad SMARTS) is 1. The summed E-state index contributed by atoms with van der Waals surface area (Å²) in [6.45, 7) is 9.44. The van der Waals surface area contributed by atoms with Gasteiger partial charge in [-0.2, -0.15) is 0 Å². The van der Waals surface area contributed by atoms with E-state index < -0.39 is 108 Å². The summed E-state index contributed by atoms with van der Waals surface area (Å²) >= 11 is 0. The molecule has 0 aliphatic carbocycles. The Hall–Kier alpha value is -6.78. The summed E-state index contributed by atoms with van der Waals surface area (Å²) in [4.78, 5) is 120. The number of aliphatic imine (C=N–C) groups is 1. The van der Waals surface area contributed by atoms with Crippen LogP contribution in [0.15, 0.2) is 41.8 Å². The highest BCUT2D eigenvalue weighted by Crippen LogP contribution is 2.22. The third-order valence-electron chi connectivity index (χ3n) is 11.0. The number of amides is 6. The van der Waals surface area contributed by atoms with Crippen molar-refractivity contribution < 1.29 is 58.4 Å². The number of hydrogen-bond donors (Lipinski definition) is 11. The molecule has 2 heterocycles. The smallest absolute Gasteiger partial charge is 0.344 e. The fourth-order valence-electron chi connectivity index (χ4n) is 7.00. The number of phenols is 1. The van der Waals surface area contributed by atoms with Crippen molar-refractivity contribution in [2.45, 2.75) is 135 Å². The normalized spacial score (nSPS) is 17.1. The minimum absolute atomic E-state index is 0.0318. The predicted molar refractivity (Wildman–Crippen MR) is 238 cm³/mol. The molecule has 23 heteroatoms. The molecule has 2 aromatic rings. The van der Waals surface area contributed by atoms with Gasteiger partial charge < -0.3 is 68.0 Å². The summed E-state index contributed by atoms with van der Waals surface area (Å²) in [5.41, 5.74) is 11.8. The molecule has 1 fully saturated rings. The predicted octanol–water partition coefficient (Wildman–Crippen LogP) is -1.53. The van der Waals surface area contributed by atoms with E-state index >= 15 is 0 Å². The molecule has 0 unspecified atom stereocenters. The van der Waals surface area contributed by atoms with Crippen LogP contribution >= 0.6 is 0 Å². The largest absolute Gasteiger partial charge is 0.508 e. The first kappa shape index (κ1) is 53.6. The Balaban J connectivity index is 1.92. The van der Waals surface area contributed by atoms with E-state index in [1.165, 1.54) is 55.5 Å². The maximum Gasteiger partial charge on any atom is 0.344 e. The number of aromatic hydroxyl groups is 1. The molecule has 1 saturated heterocycles. The molecule has 0 saturated carbocycles. The second kappa shape index (κ2) is 25.6. The number of nitrogens with two attached hydrogens (primary N) is 2. The number of aliphatic hydroxyl groups excluding tert-OH is 1. The fourth-order valence-corrected chi connectivity index (χ4v) is 7.00. The van der Waals surface area contributed by atoms with E-state index in [0.717, 1.165) is 0 Å². The quantitative estimate of drug-likeness (QED) is 0.0233. The van der Waals surface area contributed by atoms with Gasteiger partial charge in [-0.15, -0.1) is 0 Å². The zero-order valence-electron chi connectivity index (χ0n) is 38.1. The van der Waals surface area contributed by atoms with Crippen LogP contribution in [0.5, 0.6) is 5.75 Å². The number of aromatic nitrogens is 2. The molecule has 1 aliphatic heterocycles. The first-order valence-corrected chi connectivity index (χ1v) is 21.9. The maximum atomic E-state index is 14.4. The minimum atomic E-state index is -1.46. The number of aliphatic hydroxyl groups is 1. The van der Waals surface area contributed by atoms with Crippen LogP contribution in [0.2, 0.25) is 0 Å². The van der Waals surface area contributed by atoms with Gasteiger partial charge in [0.05, 0.1) is 6.33 Å². The lowest BCUT2D eigenvalue weighted by molar-refractivity contribution is -0.167. The van der Waals surface area contributed by atoms with Gasteiger partial charge in [0.2, 0.25) is 35.4 Å². The number of nitrogens with zero attached hydrogens (tertiary/aromatic N) is 3. The molecule has 6 amide bonds. The molecule has 23 nitrogen and oxygen atoms in total. The highest BCUT2D eigenvalue weighted by Gasteiger charge is 2.41. The number of guanidine groups is 1. The lowest BCUT2D eigenvalue weighted by atomic mass is 9.96. The number of nitrogens with one attached hydrogen (secondary N) is 6. The second-order valence-corrected chi connectivity index (χ2v) is 16.7. The zero-order valence-corrected chi connectivity index (χ0v) is 38.1. The third kappa shape index (κ3) is 16.3. The van der Waals surface area contributed by atoms with Crippen molar-refractivity contribution >= 4 is 53.3 Å². The number of phenolic OH excluding ortho intramolecular Hbond substituents is 1. The van der Waals surface area contributed by atoms with Gasteiger partial charge in [-0.05, 0) is 69.1 Å². The topological polar surface area (TPSA) is 363 Å². The van der Waals surface area contributed by atoms with E-state index in [4.69, 9.17) is 16.2 Å². The van der Waals surface area contributed by atoms with Crippen molar-refractivity contribution in [2.75, 3.05) is 13.1 Å². The van der Waals surface area contributed by atoms with Crippen molar-refractivity contribution in [3.63, 3.8) is 0 Å². The van der Waals surface area contributed by atoms with Gasteiger partial charge in [0.1, 0.15) is 48.1 Å². The molecule has 0 radical (unpaired) electrons. The van der Waals surface area contributed by atoms with E-state index in [9.17, 15) is 53.7 Å². The molecule has 1 aliphatic rings. The van der Waals surface area contributed by atoms with E-state index in [-0.39, 0.29) is 56.9 Å². The van der Waals surface area contributed by atoms with Gasteiger partial charge >= 0.3 is 11.9 Å². The number of carbonyl (C=O) groups excluding carboxylic acids is 7. The van der Waals surface area contributed by atoms with Crippen LogP contribution in [0.25, 0.3) is 0 Å². The van der Waals surface area contributed by atoms with E-state index in [1.54, 1.807) is 27.7 Å². The van der Waals surface area contributed by atoms with Crippen LogP contribution in [-0.4, -0.2) is 145 Å². The molecule has 1 aromatic heterocycles. The highest BCUT2D eigenvalue weighted by atomic mass is 16.6. The lowest BCUT2D eigenvalue weighted by Gasteiger charge is -2.31. The number of ether oxygens (including phenoxy) is 1. The number of benzene rings is 1. The van der Waals surface area contributed by atoms with Crippen LogP contribution in [-0.2, 0) is 55.9 Å². The number of imidazole rings is 1. The van der Waals surface area contributed by atoms with Gasteiger partial charge in [-0.1, -0.05) is 46.2 Å². The summed E-state index contributed by atoms with van der Waals surface area (Å²) in [6, 6.07) is -1.69. The lowest BCUT2D eigenvalue weighted by Crippen LogP contribution is -2.61. The first-order valence-electron chi connectivity index (χ1n) is 21.9. The molecule has 13 N–H and O–H groups in total. The number of rotatable bonds is 25. The molecule has 9 atom stereocenters. The number of likely N-dealkylation sites (tertiary alicyclic amines) is 1. The SMILES string of the molecule is CC[C@H](C)[C@H](NC(=O)[C@H](Cc1ccc(O)cc1)NC(=O)[C@@H](NC(=O)[C@H](CCCN=C(N)N)NC(=O)[C@H](C)O)C(C)C)C(=O)N[C@@H](Cc1cnc[nH]1)C(=O)N1CCC[C@H]1C(=O)O[C@@H](C)C(=O)O. The summed E-state index contributed by atoms with van der Waals surface area (Å²) in [7, 11) is 0. The van der Waals surface area contributed by atoms with E-state index in [2.05, 4.69) is 41.5 Å². The number of aliphatic carboxylic acids is 1. The van der Waals surface area contributed by atoms with Gasteiger partial charge in [0.25, 0.3) is 0 Å². The molecule has 364 valence electrons. The molecular weight excluding hydrogens is 863 g/mol. The summed E-state index contributed by atoms with van der Waals surface area (Å²) < 4.78 is 5.09. The highest BCUT2D eigenvalue weighted by molar-refractivity contribution is 5.97. The maximum absolute atomic E-state index is 14.4. The monoisotopic (exact) mass is 927 g/mol. The van der Waals surface area contributed by atoms with Crippen molar-refractivity contribution in [1.29, 1.82) is 0 Å². The molecule has 1 aromatic carbocycles. The Morgan fingerprint density at radius 2 is 1.45 bits per heavy atom. The van der Waals surface area contributed by atoms with Crippen LogP contribution in [0.1, 0.15) is 84.9 Å². The molecule has 66 heavy (non-hydrogen) atoms.